The minimum atomic E-state index is -0.818. The summed E-state index contributed by atoms with van der Waals surface area (Å²) in [4.78, 5) is 12.5. The Bertz CT molecular complexity index is 924. The largest absolute Gasteiger partial charge is 0.390 e. The van der Waals surface area contributed by atoms with Gasteiger partial charge in [0.1, 0.15) is 0 Å². The number of ketones is 1. The van der Waals surface area contributed by atoms with E-state index in [4.69, 9.17) is 9.47 Å². The summed E-state index contributed by atoms with van der Waals surface area (Å²) >= 11 is 0. The summed E-state index contributed by atoms with van der Waals surface area (Å²) in [5.74, 6) is -0.791. The number of hydrogen-bond acceptors (Lipinski definition) is 5. The third-order valence-electron chi connectivity index (χ3n) is 6.83. The molecule has 0 radical (unpaired) electrons. The van der Waals surface area contributed by atoms with Crippen LogP contribution in [0.5, 0.6) is 0 Å². The van der Waals surface area contributed by atoms with Crippen LogP contribution in [0.2, 0.25) is 0 Å². The van der Waals surface area contributed by atoms with Crippen molar-refractivity contribution in [3.8, 4) is 0 Å². The van der Waals surface area contributed by atoms with E-state index in [0.717, 1.165) is 11.1 Å². The first-order valence-electron chi connectivity index (χ1n) is 11.4. The maximum Gasteiger partial charge on any atom is 0.156 e. The first kappa shape index (κ1) is 22.9. The van der Waals surface area contributed by atoms with Crippen LogP contribution in [0, 0.1) is 17.8 Å². The molecular formula is C27H32O5. The standard InChI is InChI=1S/C27H32O5/c1-17-26(31-15-19-9-5-3-6-10-19)24-22(18(2)28)13-21(29)14-23(24)25(30)27(17)32-16-20-11-7-4-8-12-20/h3-13,17-18,23-28,30H,14-16H2,1-2H3/t17-,18-,23-,24+,25-,26-,27-/m1/s1. The summed E-state index contributed by atoms with van der Waals surface area (Å²) in [6.45, 7) is 4.50. The predicted molar refractivity (Wildman–Crippen MR) is 122 cm³/mol. The van der Waals surface area contributed by atoms with E-state index in [1.54, 1.807) is 13.0 Å². The van der Waals surface area contributed by atoms with Gasteiger partial charge in [0.25, 0.3) is 0 Å². The Labute approximate surface area is 189 Å². The van der Waals surface area contributed by atoms with Gasteiger partial charge in [-0.2, -0.15) is 0 Å². The van der Waals surface area contributed by atoms with Crippen LogP contribution in [-0.4, -0.2) is 40.4 Å². The third-order valence-corrected chi connectivity index (χ3v) is 6.83. The van der Waals surface area contributed by atoms with Gasteiger partial charge in [-0.3, -0.25) is 4.79 Å². The lowest BCUT2D eigenvalue weighted by Gasteiger charge is -2.51. The number of aliphatic hydroxyl groups is 2. The van der Waals surface area contributed by atoms with Crippen LogP contribution in [0.25, 0.3) is 0 Å². The SMILES string of the molecule is C[C@H]1[C@@H](OCc2ccccc2)[C@H](O)[C@@H]2CC(=O)C=C([C@@H](C)O)[C@@H]2[C@@H]1OCc1ccccc1. The molecule has 2 N–H and O–H groups in total. The first-order valence-corrected chi connectivity index (χ1v) is 11.4. The highest BCUT2D eigenvalue weighted by molar-refractivity contribution is 5.92. The summed E-state index contributed by atoms with van der Waals surface area (Å²) in [7, 11) is 0. The van der Waals surface area contributed by atoms with E-state index >= 15 is 0 Å². The smallest absolute Gasteiger partial charge is 0.156 e. The Hall–Kier alpha value is -2.31. The van der Waals surface area contributed by atoms with Crippen LogP contribution in [0.3, 0.4) is 0 Å². The summed E-state index contributed by atoms with van der Waals surface area (Å²) in [5, 5.41) is 21.7. The summed E-state index contributed by atoms with van der Waals surface area (Å²) in [6, 6.07) is 19.8. The molecule has 0 unspecified atom stereocenters. The molecule has 4 rings (SSSR count). The zero-order chi connectivity index (χ0) is 22.7. The first-order chi connectivity index (χ1) is 15.5. The molecule has 2 aliphatic rings. The lowest BCUT2D eigenvalue weighted by atomic mass is 9.62. The number of ether oxygens (including phenoxy) is 2. The second-order valence-corrected chi connectivity index (χ2v) is 9.05. The number of allylic oxidation sites excluding steroid dienone is 1. The topological polar surface area (TPSA) is 76.0 Å². The molecule has 2 aromatic rings. The molecule has 7 atom stereocenters. The quantitative estimate of drug-likeness (QED) is 0.693. The van der Waals surface area contributed by atoms with E-state index in [1.807, 2.05) is 67.6 Å². The lowest BCUT2D eigenvalue weighted by Crippen LogP contribution is -2.58. The van der Waals surface area contributed by atoms with Crippen LogP contribution < -0.4 is 0 Å². The number of hydrogen-bond donors (Lipinski definition) is 2. The fourth-order valence-corrected chi connectivity index (χ4v) is 5.22. The molecule has 0 aromatic heterocycles. The van der Waals surface area contributed by atoms with Gasteiger partial charge in [-0.25, -0.2) is 0 Å². The molecule has 170 valence electrons. The number of carbonyl (C=O) groups is 1. The maximum absolute atomic E-state index is 12.5. The van der Waals surface area contributed by atoms with E-state index in [-0.39, 0.29) is 36.1 Å². The van der Waals surface area contributed by atoms with Crippen molar-refractivity contribution >= 4 is 5.78 Å². The van der Waals surface area contributed by atoms with Gasteiger partial charge in [0.15, 0.2) is 5.78 Å². The van der Waals surface area contributed by atoms with Gasteiger partial charge in [0.2, 0.25) is 0 Å². The average molecular weight is 437 g/mol. The Morgan fingerprint density at radius 3 is 2.00 bits per heavy atom. The van der Waals surface area contributed by atoms with Gasteiger partial charge in [-0.05, 0) is 29.7 Å². The normalized spacial score (nSPS) is 31.0. The van der Waals surface area contributed by atoms with Gasteiger partial charge in [0, 0.05) is 24.2 Å². The summed E-state index contributed by atoms with van der Waals surface area (Å²) < 4.78 is 12.7. The second kappa shape index (κ2) is 10.1. The molecule has 1 fully saturated rings. The Balaban J connectivity index is 1.61. The molecule has 5 nitrogen and oxygen atoms in total. The fourth-order valence-electron chi connectivity index (χ4n) is 5.22. The van der Waals surface area contributed by atoms with Crippen LogP contribution >= 0.6 is 0 Å². The Morgan fingerprint density at radius 2 is 1.47 bits per heavy atom. The summed E-state index contributed by atoms with van der Waals surface area (Å²) in [5.41, 5.74) is 2.73. The van der Waals surface area contributed by atoms with Crippen LogP contribution in [0.15, 0.2) is 72.3 Å². The second-order valence-electron chi connectivity index (χ2n) is 9.05. The predicted octanol–water partition coefficient (Wildman–Crippen LogP) is 3.68. The highest BCUT2D eigenvalue weighted by Gasteiger charge is 2.53. The van der Waals surface area contributed by atoms with Gasteiger partial charge in [0.05, 0.1) is 37.6 Å². The van der Waals surface area contributed by atoms with E-state index < -0.39 is 18.3 Å². The van der Waals surface area contributed by atoms with Crippen molar-refractivity contribution < 1.29 is 24.5 Å². The van der Waals surface area contributed by atoms with Crippen molar-refractivity contribution in [3.05, 3.63) is 83.4 Å². The zero-order valence-electron chi connectivity index (χ0n) is 18.6. The van der Waals surface area contributed by atoms with Crippen molar-refractivity contribution in [2.45, 2.75) is 57.9 Å². The molecule has 1 saturated carbocycles. The van der Waals surface area contributed by atoms with Gasteiger partial charge >= 0.3 is 0 Å². The van der Waals surface area contributed by atoms with Crippen molar-refractivity contribution in [1.82, 2.24) is 0 Å². The zero-order valence-corrected chi connectivity index (χ0v) is 18.6. The fraction of sp³-hybridized carbons (Fsp3) is 0.444. The molecule has 2 aliphatic carbocycles. The monoisotopic (exact) mass is 436 g/mol. The van der Waals surface area contributed by atoms with Crippen molar-refractivity contribution in [2.75, 3.05) is 0 Å². The van der Waals surface area contributed by atoms with Crippen LogP contribution in [-0.2, 0) is 27.5 Å². The molecule has 2 aromatic carbocycles. The molecule has 0 aliphatic heterocycles. The van der Waals surface area contributed by atoms with E-state index in [1.165, 1.54) is 0 Å². The van der Waals surface area contributed by atoms with Crippen LogP contribution in [0.1, 0.15) is 31.4 Å². The molecular weight excluding hydrogens is 404 g/mol. The number of fused-ring (bicyclic) bond motifs is 1. The Morgan fingerprint density at radius 1 is 0.938 bits per heavy atom. The summed E-state index contributed by atoms with van der Waals surface area (Å²) in [6.07, 6.45) is -0.588. The van der Waals surface area contributed by atoms with Gasteiger partial charge < -0.3 is 19.7 Å². The highest BCUT2D eigenvalue weighted by Crippen LogP contribution is 2.46. The maximum atomic E-state index is 12.5. The van der Waals surface area contributed by atoms with Crippen LogP contribution in [0.4, 0.5) is 0 Å². The highest BCUT2D eigenvalue weighted by atomic mass is 16.5. The van der Waals surface area contributed by atoms with Gasteiger partial charge in [-0.1, -0.05) is 67.6 Å². The van der Waals surface area contributed by atoms with Gasteiger partial charge in [-0.15, -0.1) is 0 Å². The molecule has 0 heterocycles. The molecule has 32 heavy (non-hydrogen) atoms. The molecule has 0 spiro atoms. The minimum absolute atomic E-state index is 0.0700. The number of benzene rings is 2. The molecule has 5 heteroatoms. The third kappa shape index (κ3) is 4.86. The average Bonchev–Trinajstić information content (AvgIpc) is 2.80. The Kier molecular flexibility index (Phi) is 7.21. The minimum Gasteiger partial charge on any atom is -0.390 e. The number of carbonyl (C=O) groups excluding carboxylic acids is 1. The van der Waals surface area contributed by atoms with E-state index in [2.05, 4.69) is 0 Å². The molecule has 0 amide bonds. The number of rotatable bonds is 7. The van der Waals surface area contributed by atoms with E-state index in [9.17, 15) is 15.0 Å². The van der Waals surface area contributed by atoms with Crippen molar-refractivity contribution in [2.24, 2.45) is 17.8 Å². The van der Waals surface area contributed by atoms with Crippen molar-refractivity contribution in [1.29, 1.82) is 0 Å². The molecule has 0 saturated heterocycles. The lowest BCUT2D eigenvalue weighted by molar-refractivity contribution is -0.189. The number of aliphatic hydroxyl groups excluding tert-OH is 2. The van der Waals surface area contributed by atoms with Crippen molar-refractivity contribution in [3.63, 3.8) is 0 Å². The van der Waals surface area contributed by atoms with E-state index in [0.29, 0.717) is 18.8 Å². The molecule has 0 bridgehead atoms.